The molecule has 0 spiro atoms. The van der Waals surface area contributed by atoms with E-state index in [4.69, 9.17) is 0 Å². The molecule has 0 saturated heterocycles. The van der Waals surface area contributed by atoms with Gasteiger partial charge in [-0.05, 0) is 25.0 Å². The van der Waals surface area contributed by atoms with Crippen LogP contribution in [0.2, 0.25) is 0 Å². The van der Waals surface area contributed by atoms with Crippen molar-refractivity contribution < 1.29 is 9.18 Å². The summed E-state index contributed by atoms with van der Waals surface area (Å²) in [6.45, 7) is 0. The molecule has 1 saturated carbocycles. The number of halogens is 1. The van der Waals surface area contributed by atoms with E-state index in [0.717, 1.165) is 19.0 Å². The molecule has 0 aromatic carbocycles. The number of anilines is 3. The summed E-state index contributed by atoms with van der Waals surface area (Å²) in [4.78, 5) is 33.9. The second-order valence-corrected chi connectivity index (χ2v) is 7.40. The largest absolute Gasteiger partial charge is 0.373 e. The smallest absolute Gasteiger partial charge is 0.278 e. The van der Waals surface area contributed by atoms with Gasteiger partial charge in [0.05, 0.1) is 24.3 Å². The normalized spacial score (nSPS) is 13.2. The third-order valence-corrected chi connectivity index (χ3v) is 5.06. The van der Waals surface area contributed by atoms with Crippen LogP contribution < -0.4 is 21.5 Å². The molecule has 10 nitrogen and oxygen atoms in total. The highest BCUT2D eigenvalue weighted by molar-refractivity contribution is 6.00. The van der Waals surface area contributed by atoms with E-state index in [1.165, 1.54) is 33.7 Å². The van der Waals surface area contributed by atoms with E-state index < -0.39 is 11.4 Å². The highest BCUT2D eigenvalue weighted by atomic mass is 19.1. The molecule has 4 aromatic rings. The lowest BCUT2D eigenvalue weighted by molar-refractivity contribution is 0.0952. The molecule has 1 aliphatic rings. The summed E-state index contributed by atoms with van der Waals surface area (Å²) in [7, 11) is 1.72. The molecule has 0 bridgehead atoms. The van der Waals surface area contributed by atoms with E-state index in [0.29, 0.717) is 28.5 Å². The quantitative estimate of drug-likeness (QED) is 0.425. The van der Waals surface area contributed by atoms with Crippen LogP contribution in [0.5, 0.6) is 0 Å². The van der Waals surface area contributed by atoms with E-state index in [2.05, 4.69) is 31.0 Å². The van der Waals surface area contributed by atoms with E-state index in [1.807, 2.05) is 0 Å². The Balaban J connectivity index is 1.53. The summed E-state index contributed by atoms with van der Waals surface area (Å²) < 4.78 is 16.4. The number of nitrogens with zero attached hydrogens (tertiary/aromatic N) is 5. The summed E-state index contributed by atoms with van der Waals surface area (Å²) in [5.41, 5.74) is 0.802. The van der Waals surface area contributed by atoms with Crippen LogP contribution in [-0.2, 0) is 0 Å². The predicted octanol–water partition coefficient (Wildman–Crippen LogP) is 2.09. The minimum Gasteiger partial charge on any atom is -0.373 e. The number of carbonyl (C=O) groups is 1. The van der Waals surface area contributed by atoms with Crippen LogP contribution in [0.1, 0.15) is 23.2 Å². The number of carbonyl (C=O) groups excluding carboxylic acids is 1. The van der Waals surface area contributed by atoms with Gasteiger partial charge in [-0.1, -0.05) is 0 Å². The number of aromatic nitrogens is 5. The Kier molecular flexibility index (Phi) is 4.77. The maximum Gasteiger partial charge on any atom is 0.278 e. The van der Waals surface area contributed by atoms with Gasteiger partial charge in [0.15, 0.2) is 5.65 Å². The molecule has 5 rings (SSSR count). The first-order valence-corrected chi connectivity index (χ1v) is 10.0. The molecular weight excluding hydrogens is 415 g/mol. The Morgan fingerprint density at radius 1 is 1.22 bits per heavy atom. The Bertz CT molecular complexity index is 1390. The fourth-order valence-electron chi connectivity index (χ4n) is 3.32. The topological polar surface area (TPSA) is 118 Å². The monoisotopic (exact) mass is 434 g/mol. The molecule has 0 aliphatic heterocycles. The van der Waals surface area contributed by atoms with Crippen molar-refractivity contribution in [2.45, 2.75) is 18.9 Å². The van der Waals surface area contributed by atoms with Gasteiger partial charge >= 0.3 is 0 Å². The average Bonchev–Trinajstić information content (AvgIpc) is 3.49. The van der Waals surface area contributed by atoms with Crippen LogP contribution in [0.4, 0.5) is 21.7 Å². The van der Waals surface area contributed by atoms with Gasteiger partial charge in [0.1, 0.15) is 28.7 Å². The Morgan fingerprint density at radius 2 is 2.06 bits per heavy atom. The van der Waals surface area contributed by atoms with Crippen molar-refractivity contribution in [3.8, 4) is 5.69 Å². The highest BCUT2D eigenvalue weighted by Crippen LogP contribution is 2.23. The molecular formula is C21H19FN8O2. The Hall–Kier alpha value is -4.28. The zero-order valence-electron chi connectivity index (χ0n) is 17.0. The maximum absolute atomic E-state index is 13.6. The number of fused-ring (bicyclic) bond motifs is 1. The minimum absolute atomic E-state index is 0.197. The van der Waals surface area contributed by atoms with Crippen molar-refractivity contribution in [1.82, 2.24) is 29.5 Å². The lowest BCUT2D eigenvalue weighted by Gasteiger charge is -2.12. The number of pyridine rings is 2. The molecule has 1 fully saturated rings. The molecule has 32 heavy (non-hydrogen) atoms. The summed E-state index contributed by atoms with van der Waals surface area (Å²) in [6, 6.07) is 6.33. The molecule has 162 valence electrons. The summed E-state index contributed by atoms with van der Waals surface area (Å²) in [5.74, 6) is 0.134. The lowest BCUT2D eigenvalue weighted by Crippen LogP contribution is -2.25. The first kappa shape index (κ1) is 19.7. The molecule has 4 aromatic heterocycles. The highest BCUT2D eigenvalue weighted by Gasteiger charge is 2.26. The maximum atomic E-state index is 13.6. The number of rotatable bonds is 6. The summed E-state index contributed by atoms with van der Waals surface area (Å²) in [5, 5.41) is 13.2. The number of nitrogens with one attached hydrogen (secondary N) is 3. The second kappa shape index (κ2) is 7.76. The molecule has 0 radical (unpaired) electrons. The van der Waals surface area contributed by atoms with Gasteiger partial charge < -0.3 is 16.0 Å². The average molecular weight is 434 g/mol. The third kappa shape index (κ3) is 3.64. The number of hydrogen-bond donors (Lipinski definition) is 3. The number of hydrogen-bond acceptors (Lipinski definition) is 7. The van der Waals surface area contributed by atoms with Crippen LogP contribution in [0.15, 0.2) is 53.8 Å². The van der Waals surface area contributed by atoms with E-state index >= 15 is 0 Å². The van der Waals surface area contributed by atoms with Gasteiger partial charge in [0.2, 0.25) is 0 Å². The predicted molar refractivity (Wildman–Crippen MR) is 116 cm³/mol. The molecule has 3 N–H and O–H groups in total. The fourth-order valence-corrected chi connectivity index (χ4v) is 3.32. The first-order valence-electron chi connectivity index (χ1n) is 10.0. The minimum atomic E-state index is -0.545. The molecule has 11 heteroatoms. The van der Waals surface area contributed by atoms with Gasteiger partial charge in [-0.2, -0.15) is 9.61 Å². The van der Waals surface area contributed by atoms with Crippen LogP contribution in [0.25, 0.3) is 11.3 Å². The zero-order chi connectivity index (χ0) is 22.2. The van der Waals surface area contributed by atoms with Crippen LogP contribution in [-0.4, -0.2) is 43.1 Å². The van der Waals surface area contributed by atoms with Crippen LogP contribution in [0.3, 0.4) is 0 Å². The second-order valence-electron chi connectivity index (χ2n) is 7.40. The fraction of sp³-hybridized carbons (Fsp3) is 0.190. The SMILES string of the molecule is CNc1cc(Nc2cccn(-c3cncc(F)c3)c2=O)nc2c(C(=O)NC3CC3)cnn12. The van der Waals surface area contributed by atoms with Crippen LogP contribution >= 0.6 is 0 Å². The van der Waals surface area contributed by atoms with E-state index in [1.54, 1.807) is 25.2 Å². The molecule has 1 aliphatic carbocycles. The lowest BCUT2D eigenvalue weighted by atomic mass is 10.3. The number of amides is 1. The van der Waals surface area contributed by atoms with Gasteiger partial charge in [-0.15, -0.1) is 0 Å². The molecule has 4 heterocycles. The Labute approximate surface area is 181 Å². The summed E-state index contributed by atoms with van der Waals surface area (Å²) in [6.07, 6.45) is 7.39. The Morgan fingerprint density at radius 3 is 2.81 bits per heavy atom. The van der Waals surface area contributed by atoms with Gasteiger partial charge in [-0.25, -0.2) is 9.37 Å². The molecule has 0 unspecified atom stereocenters. The van der Waals surface area contributed by atoms with E-state index in [-0.39, 0.29) is 17.6 Å². The van der Waals surface area contributed by atoms with Gasteiger partial charge in [0.25, 0.3) is 11.5 Å². The van der Waals surface area contributed by atoms with Crippen molar-refractivity contribution in [3.05, 3.63) is 70.8 Å². The zero-order valence-corrected chi connectivity index (χ0v) is 17.0. The van der Waals surface area contributed by atoms with Crippen molar-refractivity contribution in [2.75, 3.05) is 17.7 Å². The van der Waals surface area contributed by atoms with Crippen molar-refractivity contribution >= 4 is 28.9 Å². The van der Waals surface area contributed by atoms with Crippen molar-refractivity contribution in [1.29, 1.82) is 0 Å². The summed E-state index contributed by atoms with van der Waals surface area (Å²) >= 11 is 0. The van der Waals surface area contributed by atoms with Gasteiger partial charge in [-0.3, -0.25) is 19.1 Å². The third-order valence-electron chi connectivity index (χ3n) is 5.06. The van der Waals surface area contributed by atoms with Crippen molar-refractivity contribution in [2.24, 2.45) is 0 Å². The first-order chi connectivity index (χ1) is 15.5. The molecule has 1 amide bonds. The van der Waals surface area contributed by atoms with E-state index in [9.17, 15) is 14.0 Å². The van der Waals surface area contributed by atoms with Crippen LogP contribution in [0, 0.1) is 5.82 Å². The van der Waals surface area contributed by atoms with Gasteiger partial charge in [0, 0.05) is 31.4 Å². The van der Waals surface area contributed by atoms with Crippen molar-refractivity contribution in [3.63, 3.8) is 0 Å². The molecule has 0 atom stereocenters. The standard InChI is InChI=1S/C21H19FN8O2/c1-23-18-8-17(28-19-15(11-25-30(18)19)20(31)26-13-4-5-13)27-16-3-2-6-29(21(16)32)14-7-12(22)9-24-10-14/h2-3,6-11,13,23H,4-5H2,1H3,(H,26,31)(H,27,28).